The number of hydrogen-bond acceptors (Lipinski definition) is 1. The minimum atomic E-state index is 0.151. The molecule has 0 aliphatic heterocycles. The smallest absolute Gasteiger partial charge is 0.0781 e. The van der Waals surface area contributed by atoms with Crippen LogP contribution in [0.4, 0.5) is 0 Å². The third-order valence-electron chi connectivity index (χ3n) is 3.38. The lowest BCUT2D eigenvalue weighted by molar-refractivity contribution is 0.314. The maximum atomic E-state index is 6.22. The standard InChI is InChI=1S/C14H20Cl3N/c1-5-14(3,4)8-18-9(2)10-6-7-11(15)13(17)12(10)16/h6-7,9,18H,5,8H2,1-4H3. The Kier molecular flexibility index (Phi) is 5.79. The van der Waals surface area contributed by atoms with Crippen LogP contribution >= 0.6 is 34.8 Å². The highest BCUT2D eigenvalue weighted by molar-refractivity contribution is 6.48. The maximum absolute atomic E-state index is 6.22. The molecule has 0 bridgehead atoms. The molecule has 0 aliphatic rings. The van der Waals surface area contributed by atoms with Crippen LogP contribution in [-0.4, -0.2) is 6.54 Å². The fourth-order valence-electron chi connectivity index (χ4n) is 1.54. The lowest BCUT2D eigenvalue weighted by Gasteiger charge is -2.26. The Balaban J connectivity index is 2.79. The molecule has 1 aromatic rings. The van der Waals surface area contributed by atoms with E-state index in [4.69, 9.17) is 34.8 Å². The van der Waals surface area contributed by atoms with Crippen molar-refractivity contribution in [1.82, 2.24) is 5.32 Å². The van der Waals surface area contributed by atoms with Crippen LogP contribution in [0.1, 0.15) is 45.7 Å². The van der Waals surface area contributed by atoms with Gasteiger partial charge < -0.3 is 5.32 Å². The van der Waals surface area contributed by atoms with Gasteiger partial charge in [-0.2, -0.15) is 0 Å². The van der Waals surface area contributed by atoms with Gasteiger partial charge in [-0.25, -0.2) is 0 Å². The van der Waals surface area contributed by atoms with E-state index in [0.29, 0.717) is 15.1 Å². The van der Waals surface area contributed by atoms with Crippen molar-refractivity contribution in [3.63, 3.8) is 0 Å². The summed E-state index contributed by atoms with van der Waals surface area (Å²) in [6, 6.07) is 3.86. The van der Waals surface area contributed by atoms with Gasteiger partial charge in [0.15, 0.2) is 0 Å². The molecule has 0 fully saturated rings. The monoisotopic (exact) mass is 307 g/mol. The lowest BCUT2D eigenvalue weighted by Crippen LogP contribution is -2.31. The van der Waals surface area contributed by atoms with Crippen molar-refractivity contribution in [2.75, 3.05) is 6.54 Å². The second-order valence-electron chi connectivity index (χ2n) is 5.38. The first-order chi connectivity index (χ1) is 8.28. The number of halogens is 3. The molecule has 1 unspecified atom stereocenters. The summed E-state index contributed by atoms with van der Waals surface area (Å²) >= 11 is 18.2. The quantitative estimate of drug-likeness (QED) is 0.685. The van der Waals surface area contributed by atoms with Gasteiger partial charge in [0.05, 0.1) is 15.1 Å². The van der Waals surface area contributed by atoms with Gasteiger partial charge in [-0.15, -0.1) is 0 Å². The largest absolute Gasteiger partial charge is 0.310 e. The first-order valence-corrected chi connectivity index (χ1v) is 7.28. The first-order valence-electron chi connectivity index (χ1n) is 6.15. The highest BCUT2D eigenvalue weighted by Crippen LogP contribution is 2.35. The number of hydrogen-bond donors (Lipinski definition) is 1. The molecule has 0 saturated heterocycles. The summed E-state index contributed by atoms with van der Waals surface area (Å²) < 4.78 is 0. The maximum Gasteiger partial charge on any atom is 0.0781 e. The molecule has 0 aromatic heterocycles. The van der Waals surface area contributed by atoms with E-state index < -0.39 is 0 Å². The van der Waals surface area contributed by atoms with E-state index in [-0.39, 0.29) is 11.5 Å². The summed E-state index contributed by atoms with van der Waals surface area (Å²) in [7, 11) is 0. The zero-order chi connectivity index (χ0) is 13.9. The highest BCUT2D eigenvalue weighted by Gasteiger charge is 2.18. The van der Waals surface area contributed by atoms with Crippen LogP contribution in [0.2, 0.25) is 15.1 Å². The summed E-state index contributed by atoms with van der Waals surface area (Å²) in [5.74, 6) is 0. The Hall–Kier alpha value is 0.0500. The van der Waals surface area contributed by atoms with E-state index in [1.54, 1.807) is 6.07 Å². The molecular weight excluding hydrogens is 289 g/mol. The van der Waals surface area contributed by atoms with Crippen LogP contribution in [0.5, 0.6) is 0 Å². The molecule has 1 N–H and O–H groups in total. The van der Waals surface area contributed by atoms with E-state index in [9.17, 15) is 0 Å². The van der Waals surface area contributed by atoms with Gasteiger partial charge in [-0.1, -0.05) is 61.6 Å². The van der Waals surface area contributed by atoms with Gasteiger partial charge in [-0.05, 0) is 30.4 Å². The van der Waals surface area contributed by atoms with Crippen LogP contribution < -0.4 is 5.32 Å². The van der Waals surface area contributed by atoms with Crippen LogP contribution in [0.3, 0.4) is 0 Å². The van der Waals surface area contributed by atoms with Crippen LogP contribution in [0.25, 0.3) is 0 Å². The zero-order valence-electron chi connectivity index (χ0n) is 11.3. The predicted octanol–water partition coefficient (Wildman–Crippen LogP) is 5.73. The van der Waals surface area contributed by atoms with E-state index in [1.807, 2.05) is 6.07 Å². The highest BCUT2D eigenvalue weighted by atomic mass is 35.5. The minimum absolute atomic E-state index is 0.151. The molecule has 0 saturated carbocycles. The van der Waals surface area contributed by atoms with Crippen LogP contribution in [0, 0.1) is 5.41 Å². The fraction of sp³-hybridized carbons (Fsp3) is 0.571. The van der Waals surface area contributed by atoms with Crippen molar-refractivity contribution in [1.29, 1.82) is 0 Å². The number of rotatable bonds is 5. The Morgan fingerprint density at radius 3 is 2.33 bits per heavy atom. The normalized spacial score (nSPS) is 13.7. The van der Waals surface area contributed by atoms with Gasteiger partial charge in [0, 0.05) is 12.6 Å². The van der Waals surface area contributed by atoms with Crippen molar-refractivity contribution >= 4 is 34.8 Å². The molecule has 18 heavy (non-hydrogen) atoms. The molecular formula is C14H20Cl3N. The van der Waals surface area contributed by atoms with Gasteiger partial charge >= 0.3 is 0 Å². The van der Waals surface area contributed by atoms with Crippen molar-refractivity contribution in [3.05, 3.63) is 32.8 Å². The molecule has 1 rings (SSSR count). The van der Waals surface area contributed by atoms with E-state index >= 15 is 0 Å². The second kappa shape index (κ2) is 6.47. The molecule has 102 valence electrons. The van der Waals surface area contributed by atoms with Crippen molar-refractivity contribution in [3.8, 4) is 0 Å². The zero-order valence-corrected chi connectivity index (χ0v) is 13.5. The third kappa shape index (κ3) is 4.03. The Labute approximate surface area is 125 Å². The Morgan fingerprint density at radius 2 is 1.78 bits per heavy atom. The molecule has 1 aromatic carbocycles. The summed E-state index contributed by atoms with van der Waals surface area (Å²) in [6.07, 6.45) is 1.13. The van der Waals surface area contributed by atoms with E-state index in [0.717, 1.165) is 18.5 Å². The predicted molar refractivity (Wildman–Crippen MR) is 82.0 cm³/mol. The molecule has 0 spiro atoms. The van der Waals surface area contributed by atoms with Gasteiger partial charge in [0.2, 0.25) is 0 Å². The Morgan fingerprint density at radius 1 is 1.17 bits per heavy atom. The van der Waals surface area contributed by atoms with Crippen molar-refractivity contribution in [2.24, 2.45) is 5.41 Å². The molecule has 0 amide bonds. The van der Waals surface area contributed by atoms with Crippen LogP contribution in [-0.2, 0) is 0 Å². The van der Waals surface area contributed by atoms with Crippen LogP contribution in [0.15, 0.2) is 12.1 Å². The lowest BCUT2D eigenvalue weighted by atomic mass is 9.90. The van der Waals surface area contributed by atoms with Gasteiger partial charge in [0.25, 0.3) is 0 Å². The van der Waals surface area contributed by atoms with Crippen molar-refractivity contribution < 1.29 is 0 Å². The summed E-state index contributed by atoms with van der Waals surface area (Å²) in [5, 5.41) is 4.95. The third-order valence-corrected chi connectivity index (χ3v) is 4.68. The summed E-state index contributed by atoms with van der Waals surface area (Å²) in [6.45, 7) is 9.68. The average Bonchev–Trinajstić information content (AvgIpc) is 2.33. The average molecular weight is 309 g/mol. The summed E-state index contributed by atoms with van der Waals surface area (Å²) in [4.78, 5) is 0. The molecule has 1 atom stereocenters. The van der Waals surface area contributed by atoms with E-state index in [1.165, 1.54) is 0 Å². The van der Waals surface area contributed by atoms with E-state index in [2.05, 4.69) is 33.0 Å². The second-order valence-corrected chi connectivity index (χ2v) is 6.55. The first kappa shape index (κ1) is 16.1. The minimum Gasteiger partial charge on any atom is -0.310 e. The molecule has 0 radical (unpaired) electrons. The number of benzene rings is 1. The van der Waals surface area contributed by atoms with Gasteiger partial charge in [0.1, 0.15) is 0 Å². The van der Waals surface area contributed by atoms with Crippen molar-refractivity contribution in [2.45, 2.75) is 40.2 Å². The molecule has 1 nitrogen and oxygen atoms in total. The number of nitrogens with one attached hydrogen (secondary N) is 1. The topological polar surface area (TPSA) is 12.0 Å². The summed E-state index contributed by atoms with van der Waals surface area (Å²) in [5.41, 5.74) is 1.26. The van der Waals surface area contributed by atoms with Gasteiger partial charge in [-0.3, -0.25) is 0 Å². The SMILES string of the molecule is CCC(C)(C)CNC(C)c1ccc(Cl)c(Cl)c1Cl. The molecule has 0 heterocycles. The fourth-order valence-corrected chi connectivity index (χ4v) is 2.25. The molecule has 0 aliphatic carbocycles. The Bertz CT molecular complexity index is 416. The molecule has 4 heteroatoms.